The van der Waals surface area contributed by atoms with Crippen LogP contribution in [-0.4, -0.2) is 30.0 Å². The third-order valence-corrected chi connectivity index (χ3v) is 5.61. The fourth-order valence-electron chi connectivity index (χ4n) is 3.74. The second-order valence-corrected chi connectivity index (χ2v) is 7.75. The summed E-state index contributed by atoms with van der Waals surface area (Å²) in [6.45, 7) is 9.24. The molecule has 2 aromatic carbocycles. The molecule has 28 heavy (non-hydrogen) atoms. The molecule has 5 heteroatoms. The summed E-state index contributed by atoms with van der Waals surface area (Å²) in [6, 6.07) is 16.0. The molecular formula is C23H31ClN2O2. The highest BCUT2D eigenvalue weighted by Crippen LogP contribution is 2.30. The van der Waals surface area contributed by atoms with E-state index in [1.54, 1.807) is 0 Å². The molecule has 1 fully saturated rings. The number of carbonyl (C=O) groups is 1. The maximum Gasteiger partial charge on any atom is 0.227 e. The van der Waals surface area contributed by atoms with E-state index in [2.05, 4.69) is 32.0 Å². The molecular weight excluding hydrogens is 372 g/mol. The second kappa shape index (κ2) is 9.55. The van der Waals surface area contributed by atoms with E-state index in [4.69, 9.17) is 10.5 Å². The summed E-state index contributed by atoms with van der Waals surface area (Å²) in [5.74, 6) is -0.190. The van der Waals surface area contributed by atoms with Gasteiger partial charge in [0, 0.05) is 6.04 Å². The summed E-state index contributed by atoms with van der Waals surface area (Å²) < 4.78 is 6.09. The standard InChI is InChI=1S/C23H30N2O2.ClH/c1-15-10-11-16(2)20(12-15)21-13-25(17(3)14-27-21)23(26)18(4)22(24)19-8-6-5-7-9-19;/h5-12,17-18,21-22H,13-14,24H2,1-4H3;1H. The molecule has 152 valence electrons. The number of ether oxygens (including phenoxy) is 1. The molecule has 1 saturated heterocycles. The molecule has 1 aliphatic rings. The maximum absolute atomic E-state index is 13.2. The normalized spacial score (nSPS) is 21.5. The number of rotatable bonds is 4. The number of aryl methyl sites for hydroxylation is 2. The van der Waals surface area contributed by atoms with Gasteiger partial charge in [-0.3, -0.25) is 4.79 Å². The smallest absolute Gasteiger partial charge is 0.227 e. The first-order valence-electron chi connectivity index (χ1n) is 9.68. The average Bonchev–Trinajstić information content (AvgIpc) is 2.69. The molecule has 4 nitrogen and oxygen atoms in total. The zero-order valence-corrected chi connectivity index (χ0v) is 17.9. The molecule has 0 radical (unpaired) electrons. The van der Waals surface area contributed by atoms with Gasteiger partial charge >= 0.3 is 0 Å². The Bertz CT molecular complexity index is 796. The van der Waals surface area contributed by atoms with Crippen LogP contribution in [0, 0.1) is 19.8 Å². The molecule has 0 bridgehead atoms. The first-order chi connectivity index (χ1) is 12.9. The van der Waals surface area contributed by atoms with Crippen molar-refractivity contribution in [3.05, 3.63) is 70.8 Å². The number of nitrogens with zero attached hydrogens (tertiary/aromatic N) is 1. The third-order valence-electron chi connectivity index (χ3n) is 5.61. The highest BCUT2D eigenvalue weighted by molar-refractivity contribution is 5.85. The first kappa shape index (κ1) is 22.4. The SMILES string of the molecule is Cc1ccc(C)c(C2CN(C(=O)C(C)C(N)c3ccccc3)C(C)CO2)c1.Cl. The van der Waals surface area contributed by atoms with Crippen molar-refractivity contribution in [2.75, 3.05) is 13.2 Å². The van der Waals surface area contributed by atoms with Crippen LogP contribution in [0.25, 0.3) is 0 Å². The molecule has 1 heterocycles. The van der Waals surface area contributed by atoms with E-state index in [-0.39, 0.29) is 42.4 Å². The van der Waals surface area contributed by atoms with Gasteiger partial charge in [-0.05, 0) is 37.5 Å². The maximum atomic E-state index is 13.2. The minimum Gasteiger partial charge on any atom is -0.370 e. The Labute approximate surface area is 174 Å². The van der Waals surface area contributed by atoms with Gasteiger partial charge in [0.25, 0.3) is 0 Å². The van der Waals surface area contributed by atoms with E-state index >= 15 is 0 Å². The van der Waals surface area contributed by atoms with Crippen LogP contribution >= 0.6 is 12.4 Å². The molecule has 4 unspecified atom stereocenters. The predicted molar refractivity (Wildman–Crippen MR) is 116 cm³/mol. The highest BCUT2D eigenvalue weighted by atomic mass is 35.5. The van der Waals surface area contributed by atoms with Gasteiger partial charge in [-0.25, -0.2) is 0 Å². The van der Waals surface area contributed by atoms with Gasteiger partial charge in [0.05, 0.1) is 25.1 Å². The van der Waals surface area contributed by atoms with E-state index in [0.717, 1.165) is 5.56 Å². The van der Waals surface area contributed by atoms with Crippen LogP contribution in [0.2, 0.25) is 0 Å². The van der Waals surface area contributed by atoms with Crippen LogP contribution in [0.1, 0.15) is 48.2 Å². The summed E-state index contributed by atoms with van der Waals surface area (Å²) >= 11 is 0. The average molecular weight is 403 g/mol. The van der Waals surface area contributed by atoms with Crippen LogP contribution in [0.5, 0.6) is 0 Å². The molecule has 4 atom stereocenters. The van der Waals surface area contributed by atoms with Crippen molar-refractivity contribution >= 4 is 18.3 Å². The second-order valence-electron chi connectivity index (χ2n) is 7.75. The summed E-state index contributed by atoms with van der Waals surface area (Å²) in [6.07, 6.45) is -0.0924. The monoisotopic (exact) mass is 402 g/mol. The lowest BCUT2D eigenvalue weighted by Gasteiger charge is -2.40. The number of hydrogen-bond acceptors (Lipinski definition) is 3. The van der Waals surface area contributed by atoms with Gasteiger partial charge < -0.3 is 15.4 Å². The zero-order chi connectivity index (χ0) is 19.6. The van der Waals surface area contributed by atoms with Gasteiger partial charge in [-0.1, -0.05) is 61.0 Å². The molecule has 0 saturated carbocycles. The fourth-order valence-corrected chi connectivity index (χ4v) is 3.74. The highest BCUT2D eigenvalue weighted by Gasteiger charge is 2.35. The van der Waals surface area contributed by atoms with Gasteiger partial charge in [-0.15, -0.1) is 12.4 Å². The van der Waals surface area contributed by atoms with Gasteiger partial charge in [0.1, 0.15) is 6.10 Å². The summed E-state index contributed by atoms with van der Waals surface area (Å²) in [5, 5.41) is 0. The Morgan fingerprint density at radius 1 is 1.18 bits per heavy atom. The van der Waals surface area contributed by atoms with Crippen LogP contribution in [-0.2, 0) is 9.53 Å². The van der Waals surface area contributed by atoms with Crippen molar-refractivity contribution in [2.24, 2.45) is 11.7 Å². The Kier molecular flexibility index (Phi) is 7.64. The number of nitrogens with two attached hydrogens (primary N) is 1. The number of halogens is 1. The van der Waals surface area contributed by atoms with Gasteiger partial charge in [-0.2, -0.15) is 0 Å². The predicted octanol–water partition coefficient (Wildman–Crippen LogP) is 4.35. The summed E-state index contributed by atoms with van der Waals surface area (Å²) in [7, 11) is 0. The van der Waals surface area contributed by atoms with E-state index < -0.39 is 0 Å². The molecule has 0 spiro atoms. The van der Waals surface area contributed by atoms with Crippen LogP contribution in [0.3, 0.4) is 0 Å². The Balaban J connectivity index is 0.00000280. The molecule has 1 aliphatic heterocycles. The summed E-state index contributed by atoms with van der Waals surface area (Å²) in [5.41, 5.74) is 11.0. The van der Waals surface area contributed by atoms with E-state index in [1.165, 1.54) is 16.7 Å². The van der Waals surface area contributed by atoms with E-state index in [0.29, 0.717) is 13.2 Å². The summed E-state index contributed by atoms with van der Waals surface area (Å²) in [4.78, 5) is 15.2. The molecule has 2 N–H and O–H groups in total. The molecule has 0 aromatic heterocycles. The fraction of sp³-hybridized carbons (Fsp3) is 0.435. The van der Waals surface area contributed by atoms with Crippen LogP contribution < -0.4 is 5.73 Å². The van der Waals surface area contributed by atoms with Crippen LogP contribution in [0.4, 0.5) is 0 Å². The number of hydrogen-bond donors (Lipinski definition) is 1. The van der Waals surface area contributed by atoms with Crippen molar-refractivity contribution in [2.45, 2.75) is 45.9 Å². The molecule has 1 amide bonds. The lowest BCUT2D eigenvalue weighted by Crippen LogP contribution is -2.51. The van der Waals surface area contributed by atoms with Crippen molar-refractivity contribution in [3.8, 4) is 0 Å². The molecule has 2 aromatic rings. The Morgan fingerprint density at radius 2 is 1.86 bits per heavy atom. The van der Waals surface area contributed by atoms with Crippen LogP contribution in [0.15, 0.2) is 48.5 Å². The Morgan fingerprint density at radius 3 is 2.54 bits per heavy atom. The first-order valence-corrected chi connectivity index (χ1v) is 9.68. The van der Waals surface area contributed by atoms with Crippen molar-refractivity contribution in [1.29, 1.82) is 0 Å². The number of benzene rings is 2. The Hall–Kier alpha value is -1.88. The minimum atomic E-state index is -0.312. The number of morpholine rings is 1. The van der Waals surface area contributed by atoms with Crippen molar-refractivity contribution in [1.82, 2.24) is 4.90 Å². The van der Waals surface area contributed by atoms with Crippen molar-refractivity contribution < 1.29 is 9.53 Å². The quantitative estimate of drug-likeness (QED) is 0.827. The largest absolute Gasteiger partial charge is 0.370 e. The third kappa shape index (κ3) is 4.75. The lowest BCUT2D eigenvalue weighted by molar-refractivity contribution is -0.149. The lowest BCUT2D eigenvalue weighted by atomic mass is 9.92. The van der Waals surface area contributed by atoms with E-state index in [1.807, 2.05) is 49.1 Å². The number of carbonyl (C=O) groups excluding carboxylic acids is 1. The molecule has 0 aliphatic carbocycles. The van der Waals surface area contributed by atoms with E-state index in [9.17, 15) is 4.79 Å². The number of amides is 1. The van der Waals surface area contributed by atoms with Gasteiger partial charge in [0.2, 0.25) is 5.91 Å². The topological polar surface area (TPSA) is 55.6 Å². The van der Waals surface area contributed by atoms with Crippen molar-refractivity contribution in [3.63, 3.8) is 0 Å². The molecule has 3 rings (SSSR count). The minimum absolute atomic E-state index is 0. The van der Waals surface area contributed by atoms with Gasteiger partial charge in [0.15, 0.2) is 0 Å². The zero-order valence-electron chi connectivity index (χ0n) is 17.1.